The average molecular weight is 388 g/mol. The van der Waals surface area contributed by atoms with E-state index < -0.39 is 0 Å². The Morgan fingerprint density at radius 1 is 0.964 bits per heavy atom. The van der Waals surface area contributed by atoms with Gasteiger partial charge in [0.2, 0.25) is 0 Å². The van der Waals surface area contributed by atoms with E-state index in [4.69, 9.17) is 0 Å². The predicted molar refractivity (Wildman–Crippen MR) is 121 cm³/mol. The molecule has 3 nitrogen and oxygen atoms in total. The van der Waals surface area contributed by atoms with Crippen LogP contribution in [0.4, 0.5) is 11.5 Å². The average Bonchev–Trinajstić information content (AvgIpc) is 3.15. The third-order valence-electron chi connectivity index (χ3n) is 5.22. The van der Waals surface area contributed by atoms with Gasteiger partial charge in [-0.25, -0.2) is 9.97 Å². The smallest absolute Gasteiger partial charge is 0.143 e. The summed E-state index contributed by atoms with van der Waals surface area (Å²) in [5, 5.41) is 6.78. The Labute approximate surface area is 170 Å². The number of aromatic nitrogens is 2. The molecule has 142 valence electrons. The van der Waals surface area contributed by atoms with Gasteiger partial charge in [0.05, 0.1) is 5.39 Å². The number of thiophene rings is 1. The van der Waals surface area contributed by atoms with Crippen LogP contribution in [0.5, 0.6) is 0 Å². The Balaban J connectivity index is 1.69. The number of aryl methyl sites for hydroxylation is 3. The zero-order chi connectivity index (χ0) is 19.5. The maximum Gasteiger partial charge on any atom is 0.143 e. The highest BCUT2D eigenvalue weighted by Gasteiger charge is 2.14. The lowest BCUT2D eigenvalue weighted by Gasteiger charge is -2.10. The van der Waals surface area contributed by atoms with Gasteiger partial charge in [-0.15, -0.1) is 11.3 Å². The van der Waals surface area contributed by atoms with E-state index in [9.17, 15) is 0 Å². The van der Waals surface area contributed by atoms with Crippen molar-refractivity contribution in [3.8, 4) is 11.1 Å². The summed E-state index contributed by atoms with van der Waals surface area (Å²) in [6, 6.07) is 15.3. The molecule has 2 heterocycles. The number of unbranched alkanes of at least 4 members (excludes halogenated alkanes) is 1. The predicted octanol–water partition coefficient (Wildman–Crippen LogP) is 7.06. The molecule has 0 fully saturated rings. The molecule has 0 radical (unpaired) electrons. The van der Waals surface area contributed by atoms with Gasteiger partial charge in [-0.3, -0.25) is 0 Å². The third-order valence-corrected chi connectivity index (χ3v) is 6.11. The van der Waals surface area contributed by atoms with Crippen molar-refractivity contribution in [2.75, 3.05) is 5.32 Å². The Morgan fingerprint density at radius 3 is 2.54 bits per heavy atom. The van der Waals surface area contributed by atoms with Gasteiger partial charge in [-0.05, 0) is 61.1 Å². The summed E-state index contributed by atoms with van der Waals surface area (Å²) in [6.07, 6.45) is 5.23. The second kappa shape index (κ2) is 8.11. The number of anilines is 2. The summed E-state index contributed by atoms with van der Waals surface area (Å²) in [6.45, 7) is 6.53. The second-order valence-electron chi connectivity index (χ2n) is 7.28. The van der Waals surface area contributed by atoms with Crippen LogP contribution in [0, 0.1) is 13.8 Å². The summed E-state index contributed by atoms with van der Waals surface area (Å²) in [5.41, 5.74) is 7.43. The van der Waals surface area contributed by atoms with E-state index in [1.165, 1.54) is 40.7 Å². The molecule has 2 aromatic heterocycles. The molecule has 0 aliphatic carbocycles. The first-order chi connectivity index (χ1) is 13.7. The van der Waals surface area contributed by atoms with Crippen LogP contribution in [0.2, 0.25) is 0 Å². The minimum atomic E-state index is 0.862. The lowest BCUT2D eigenvalue weighted by molar-refractivity contribution is 0.795. The van der Waals surface area contributed by atoms with Crippen molar-refractivity contribution in [2.24, 2.45) is 0 Å². The molecule has 28 heavy (non-hydrogen) atoms. The highest BCUT2D eigenvalue weighted by Crippen LogP contribution is 2.38. The molecule has 0 saturated heterocycles. The number of nitrogens with one attached hydrogen (secondary N) is 1. The summed E-state index contributed by atoms with van der Waals surface area (Å²) < 4.78 is 0. The van der Waals surface area contributed by atoms with Crippen LogP contribution in [0.1, 0.15) is 36.5 Å². The van der Waals surface area contributed by atoms with Crippen LogP contribution in [0.15, 0.2) is 54.2 Å². The first kappa shape index (κ1) is 18.6. The van der Waals surface area contributed by atoms with Crippen molar-refractivity contribution in [2.45, 2.75) is 40.0 Å². The molecular formula is C24H25N3S. The number of hydrogen-bond acceptors (Lipinski definition) is 4. The van der Waals surface area contributed by atoms with E-state index in [0.29, 0.717) is 0 Å². The van der Waals surface area contributed by atoms with E-state index in [1.807, 2.05) is 0 Å². The summed E-state index contributed by atoms with van der Waals surface area (Å²) in [7, 11) is 0. The van der Waals surface area contributed by atoms with Crippen LogP contribution >= 0.6 is 11.3 Å². The number of rotatable bonds is 6. The second-order valence-corrected chi connectivity index (χ2v) is 8.13. The molecule has 0 aliphatic rings. The molecule has 0 amide bonds. The van der Waals surface area contributed by atoms with Crippen LogP contribution in [0.3, 0.4) is 0 Å². The molecule has 0 saturated carbocycles. The summed E-state index contributed by atoms with van der Waals surface area (Å²) >= 11 is 1.66. The van der Waals surface area contributed by atoms with Crippen molar-refractivity contribution in [3.63, 3.8) is 0 Å². The molecule has 0 unspecified atom stereocenters. The SMILES string of the molecule is CCCCc1ccc(Nc2ncnc3scc(-c4ccc(C)c(C)c4)c23)cc1. The molecule has 0 atom stereocenters. The van der Waals surface area contributed by atoms with Gasteiger partial charge in [0.15, 0.2) is 0 Å². The molecule has 4 aromatic rings. The van der Waals surface area contributed by atoms with E-state index in [2.05, 4.69) is 83.9 Å². The fourth-order valence-electron chi connectivity index (χ4n) is 3.36. The Bertz CT molecular complexity index is 1100. The lowest BCUT2D eigenvalue weighted by Crippen LogP contribution is -1.96. The lowest BCUT2D eigenvalue weighted by atomic mass is 10.0. The molecule has 2 aromatic carbocycles. The highest BCUT2D eigenvalue weighted by atomic mass is 32.1. The third kappa shape index (κ3) is 3.78. The standard InChI is InChI=1S/C24H25N3S/c1-4-5-6-18-8-11-20(12-9-18)27-23-22-21(14-28-24(22)26-15-25-23)19-10-7-16(2)17(3)13-19/h7-15H,4-6H2,1-3H3,(H,25,26,27). The Morgan fingerprint density at radius 2 is 1.79 bits per heavy atom. The van der Waals surface area contributed by atoms with E-state index in [-0.39, 0.29) is 0 Å². The largest absolute Gasteiger partial charge is 0.340 e. The van der Waals surface area contributed by atoms with Crippen molar-refractivity contribution in [1.29, 1.82) is 0 Å². The monoisotopic (exact) mass is 387 g/mol. The van der Waals surface area contributed by atoms with Crippen molar-refractivity contribution in [1.82, 2.24) is 9.97 Å². The van der Waals surface area contributed by atoms with Crippen LogP contribution in [0.25, 0.3) is 21.3 Å². The van der Waals surface area contributed by atoms with Gasteiger partial charge in [0.25, 0.3) is 0 Å². The van der Waals surface area contributed by atoms with Crippen LogP contribution < -0.4 is 5.32 Å². The molecule has 4 rings (SSSR count). The van der Waals surface area contributed by atoms with E-state index in [0.717, 1.165) is 28.1 Å². The quantitative estimate of drug-likeness (QED) is 0.385. The zero-order valence-corrected chi connectivity index (χ0v) is 17.4. The van der Waals surface area contributed by atoms with Gasteiger partial charge >= 0.3 is 0 Å². The van der Waals surface area contributed by atoms with E-state index in [1.54, 1.807) is 17.7 Å². The van der Waals surface area contributed by atoms with Gasteiger partial charge in [0.1, 0.15) is 17.0 Å². The van der Waals surface area contributed by atoms with Gasteiger partial charge in [0, 0.05) is 16.6 Å². The molecule has 0 spiro atoms. The maximum absolute atomic E-state index is 4.56. The van der Waals surface area contributed by atoms with Crippen LogP contribution in [-0.4, -0.2) is 9.97 Å². The first-order valence-corrected chi connectivity index (χ1v) is 10.7. The zero-order valence-electron chi connectivity index (χ0n) is 16.6. The number of hydrogen-bond donors (Lipinski definition) is 1. The summed E-state index contributed by atoms with van der Waals surface area (Å²) in [4.78, 5) is 10.0. The minimum Gasteiger partial charge on any atom is -0.340 e. The van der Waals surface area contributed by atoms with E-state index >= 15 is 0 Å². The van der Waals surface area contributed by atoms with Gasteiger partial charge < -0.3 is 5.32 Å². The first-order valence-electron chi connectivity index (χ1n) is 9.81. The maximum atomic E-state index is 4.56. The normalized spacial score (nSPS) is 11.1. The molecular weight excluding hydrogens is 362 g/mol. The highest BCUT2D eigenvalue weighted by molar-refractivity contribution is 7.17. The summed E-state index contributed by atoms with van der Waals surface area (Å²) in [5.74, 6) is 0.862. The van der Waals surface area contributed by atoms with Crippen molar-refractivity contribution < 1.29 is 0 Å². The Hall–Kier alpha value is -2.72. The van der Waals surface area contributed by atoms with Gasteiger partial charge in [-0.1, -0.05) is 43.7 Å². The molecule has 4 heteroatoms. The minimum absolute atomic E-state index is 0.862. The number of benzene rings is 2. The molecule has 0 bridgehead atoms. The topological polar surface area (TPSA) is 37.8 Å². The fourth-order valence-corrected chi connectivity index (χ4v) is 4.28. The van der Waals surface area contributed by atoms with Crippen molar-refractivity contribution >= 4 is 33.1 Å². The fraction of sp³-hybridized carbons (Fsp3) is 0.250. The van der Waals surface area contributed by atoms with Gasteiger partial charge in [-0.2, -0.15) is 0 Å². The molecule has 1 N–H and O–H groups in total. The number of nitrogens with zero attached hydrogens (tertiary/aromatic N) is 2. The Kier molecular flexibility index (Phi) is 5.40. The van der Waals surface area contributed by atoms with Crippen molar-refractivity contribution in [3.05, 3.63) is 70.9 Å². The van der Waals surface area contributed by atoms with Crippen LogP contribution in [-0.2, 0) is 6.42 Å². The number of fused-ring (bicyclic) bond motifs is 1. The molecule has 0 aliphatic heterocycles.